The van der Waals surface area contributed by atoms with E-state index in [4.69, 9.17) is 4.74 Å². The molecule has 0 bridgehead atoms. The molecule has 0 radical (unpaired) electrons. The lowest BCUT2D eigenvalue weighted by Crippen LogP contribution is -2.20. The van der Waals surface area contributed by atoms with Crippen LogP contribution in [-0.4, -0.2) is 23.1 Å². The molecular formula is C19H24F3N3O. The van der Waals surface area contributed by atoms with E-state index in [1.165, 1.54) is 4.90 Å². The molecule has 1 atom stereocenters. The quantitative estimate of drug-likeness (QED) is 0.670. The van der Waals surface area contributed by atoms with Crippen LogP contribution in [0.5, 0.6) is 6.01 Å². The number of anilines is 2. The highest BCUT2D eigenvalue weighted by Gasteiger charge is 2.36. The highest BCUT2D eigenvalue weighted by molar-refractivity contribution is 5.63. The van der Waals surface area contributed by atoms with E-state index in [0.717, 1.165) is 18.2 Å². The number of halogens is 3. The molecule has 142 valence electrons. The molecule has 0 aliphatic rings. The van der Waals surface area contributed by atoms with E-state index in [-0.39, 0.29) is 17.9 Å². The number of aromatic nitrogens is 2. The van der Waals surface area contributed by atoms with Gasteiger partial charge in [-0.05, 0) is 43.9 Å². The first kappa shape index (κ1) is 20.0. The molecule has 2 rings (SSSR count). The fourth-order valence-electron chi connectivity index (χ4n) is 2.46. The van der Waals surface area contributed by atoms with E-state index in [2.05, 4.69) is 23.8 Å². The number of alkyl halides is 3. The maximum Gasteiger partial charge on any atom is 0.421 e. The maximum atomic E-state index is 13.4. The van der Waals surface area contributed by atoms with E-state index in [1.54, 1.807) is 33.0 Å². The van der Waals surface area contributed by atoms with Gasteiger partial charge < -0.3 is 9.64 Å². The molecular weight excluding hydrogens is 343 g/mol. The molecule has 0 spiro atoms. The number of ether oxygens (including phenoxy) is 1. The Labute approximate surface area is 152 Å². The zero-order valence-corrected chi connectivity index (χ0v) is 15.6. The van der Waals surface area contributed by atoms with Crippen molar-refractivity contribution in [3.63, 3.8) is 0 Å². The van der Waals surface area contributed by atoms with Crippen LogP contribution in [-0.2, 0) is 6.18 Å². The molecule has 1 unspecified atom stereocenters. The van der Waals surface area contributed by atoms with Crippen LogP contribution in [0.2, 0.25) is 0 Å². The minimum absolute atomic E-state index is 0.0777. The Balaban J connectivity index is 2.43. The number of rotatable bonds is 6. The monoisotopic (exact) mass is 367 g/mol. The fraction of sp³-hybridized carbons (Fsp3) is 0.474. The summed E-state index contributed by atoms with van der Waals surface area (Å²) in [6.45, 7) is 7.73. The molecule has 1 heterocycles. The summed E-state index contributed by atoms with van der Waals surface area (Å²) in [7, 11) is 1.55. The van der Waals surface area contributed by atoms with E-state index in [9.17, 15) is 13.2 Å². The summed E-state index contributed by atoms with van der Waals surface area (Å²) in [6, 6.07) is 7.38. The van der Waals surface area contributed by atoms with Gasteiger partial charge in [-0.25, -0.2) is 4.98 Å². The summed E-state index contributed by atoms with van der Waals surface area (Å²) in [5.74, 6) is 0.157. The molecule has 2 aromatic rings. The first-order valence-corrected chi connectivity index (χ1v) is 8.58. The summed E-state index contributed by atoms with van der Waals surface area (Å²) in [4.78, 5) is 9.09. The lowest BCUT2D eigenvalue weighted by molar-refractivity contribution is -0.137. The molecule has 26 heavy (non-hydrogen) atoms. The second-order valence-corrected chi connectivity index (χ2v) is 6.51. The van der Waals surface area contributed by atoms with E-state index in [0.29, 0.717) is 11.6 Å². The lowest BCUT2D eigenvalue weighted by atomic mass is 9.98. The van der Waals surface area contributed by atoms with Gasteiger partial charge in [0.15, 0.2) is 5.82 Å². The Morgan fingerprint density at radius 1 is 1.12 bits per heavy atom. The minimum Gasteiger partial charge on any atom is -0.461 e. The standard InChI is InChI=1S/C19H24F3N3O/c1-6-13(4)14-7-9-15(10-8-14)25(5)17-16(19(20,21)22)11-23-18(24-17)26-12(2)3/h7-13H,6H2,1-5H3. The van der Waals surface area contributed by atoms with Crippen LogP contribution in [0.1, 0.15) is 51.2 Å². The third-order valence-electron chi connectivity index (χ3n) is 4.17. The predicted octanol–water partition coefficient (Wildman–Crippen LogP) is 5.56. The molecule has 0 aliphatic heterocycles. The van der Waals surface area contributed by atoms with Crippen LogP contribution in [0, 0.1) is 0 Å². The second-order valence-electron chi connectivity index (χ2n) is 6.51. The van der Waals surface area contributed by atoms with Crippen molar-refractivity contribution in [1.82, 2.24) is 9.97 Å². The van der Waals surface area contributed by atoms with E-state index in [1.807, 2.05) is 12.1 Å². The molecule has 7 heteroatoms. The van der Waals surface area contributed by atoms with Crippen molar-refractivity contribution >= 4 is 11.5 Å². The zero-order chi connectivity index (χ0) is 19.5. The summed E-state index contributed by atoms with van der Waals surface area (Å²) in [6.07, 6.45) is -3.03. The predicted molar refractivity (Wildman–Crippen MR) is 96.0 cm³/mol. The lowest BCUT2D eigenvalue weighted by Gasteiger charge is -2.23. The molecule has 4 nitrogen and oxygen atoms in total. The van der Waals surface area contributed by atoms with Gasteiger partial charge in [0.05, 0.1) is 6.10 Å². The molecule has 1 aromatic carbocycles. The van der Waals surface area contributed by atoms with Gasteiger partial charge in [0, 0.05) is 18.9 Å². The SMILES string of the molecule is CCC(C)c1ccc(N(C)c2nc(OC(C)C)ncc2C(F)(F)F)cc1. The molecule has 0 aliphatic carbocycles. The van der Waals surface area contributed by atoms with Gasteiger partial charge in [-0.2, -0.15) is 18.2 Å². The van der Waals surface area contributed by atoms with Crippen LogP contribution in [0.25, 0.3) is 0 Å². The topological polar surface area (TPSA) is 38.2 Å². The zero-order valence-electron chi connectivity index (χ0n) is 15.6. The third kappa shape index (κ3) is 4.65. The van der Waals surface area contributed by atoms with Gasteiger partial charge in [-0.3, -0.25) is 0 Å². The molecule has 0 N–H and O–H groups in total. The molecule has 0 saturated heterocycles. The minimum atomic E-state index is -4.56. The Hall–Kier alpha value is -2.31. The fourth-order valence-corrected chi connectivity index (χ4v) is 2.46. The van der Waals surface area contributed by atoms with Gasteiger partial charge in [-0.1, -0.05) is 26.0 Å². The van der Waals surface area contributed by atoms with E-state index >= 15 is 0 Å². The smallest absolute Gasteiger partial charge is 0.421 e. The highest BCUT2D eigenvalue weighted by atomic mass is 19.4. The number of hydrogen-bond acceptors (Lipinski definition) is 4. The van der Waals surface area contributed by atoms with Crippen molar-refractivity contribution in [3.05, 3.63) is 41.6 Å². The average Bonchev–Trinajstić information content (AvgIpc) is 2.59. The van der Waals surface area contributed by atoms with Crippen molar-refractivity contribution in [2.75, 3.05) is 11.9 Å². The molecule has 0 fully saturated rings. The summed E-state index contributed by atoms with van der Waals surface area (Å²) < 4.78 is 45.5. The Morgan fingerprint density at radius 2 is 1.73 bits per heavy atom. The summed E-state index contributed by atoms with van der Waals surface area (Å²) in [5.41, 5.74) is 0.853. The number of nitrogens with zero attached hydrogens (tertiary/aromatic N) is 3. The Morgan fingerprint density at radius 3 is 2.23 bits per heavy atom. The number of hydrogen-bond donors (Lipinski definition) is 0. The highest BCUT2D eigenvalue weighted by Crippen LogP contribution is 2.38. The van der Waals surface area contributed by atoms with Gasteiger partial charge in [0.1, 0.15) is 5.56 Å². The Kier molecular flexibility index (Phi) is 6.10. The van der Waals surface area contributed by atoms with Crippen molar-refractivity contribution in [2.45, 2.75) is 52.3 Å². The molecule has 0 amide bonds. The second kappa shape index (κ2) is 7.93. The van der Waals surface area contributed by atoms with Crippen LogP contribution < -0.4 is 9.64 Å². The van der Waals surface area contributed by atoms with Crippen LogP contribution in [0.4, 0.5) is 24.7 Å². The maximum absolute atomic E-state index is 13.4. The van der Waals surface area contributed by atoms with Gasteiger partial charge in [0.25, 0.3) is 0 Å². The van der Waals surface area contributed by atoms with Crippen molar-refractivity contribution in [1.29, 1.82) is 0 Å². The molecule has 0 saturated carbocycles. The Bertz CT molecular complexity index is 730. The first-order valence-electron chi connectivity index (χ1n) is 8.58. The van der Waals surface area contributed by atoms with Crippen LogP contribution in [0.15, 0.2) is 30.5 Å². The van der Waals surface area contributed by atoms with Gasteiger partial charge in [-0.15, -0.1) is 0 Å². The van der Waals surface area contributed by atoms with Crippen molar-refractivity contribution in [3.8, 4) is 6.01 Å². The van der Waals surface area contributed by atoms with Crippen molar-refractivity contribution in [2.24, 2.45) is 0 Å². The number of benzene rings is 1. The van der Waals surface area contributed by atoms with Gasteiger partial charge in [0.2, 0.25) is 0 Å². The van der Waals surface area contributed by atoms with Crippen molar-refractivity contribution < 1.29 is 17.9 Å². The van der Waals surface area contributed by atoms with Crippen LogP contribution >= 0.6 is 0 Å². The van der Waals surface area contributed by atoms with Crippen LogP contribution in [0.3, 0.4) is 0 Å². The summed E-state index contributed by atoms with van der Waals surface area (Å²) in [5, 5.41) is 0. The first-order chi connectivity index (χ1) is 12.1. The molecule has 1 aromatic heterocycles. The normalized spacial score (nSPS) is 13.0. The average molecular weight is 367 g/mol. The third-order valence-corrected chi connectivity index (χ3v) is 4.17. The summed E-state index contributed by atoms with van der Waals surface area (Å²) >= 11 is 0. The largest absolute Gasteiger partial charge is 0.461 e. The van der Waals surface area contributed by atoms with E-state index < -0.39 is 11.7 Å². The van der Waals surface area contributed by atoms with Gasteiger partial charge >= 0.3 is 12.2 Å².